The highest BCUT2D eigenvalue weighted by atomic mass is 32.1. The lowest BCUT2D eigenvalue weighted by Gasteiger charge is -2.26. The number of thiazole rings is 1. The van der Waals surface area contributed by atoms with Gasteiger partial charge in [0.05, 0.1) is 10.7 Å². The lowest BCUT2D eigenvalue weighted by Crippen LogP contribution is -2.45. The van der Waals surface area contributed by atoms with Crippen molar-refractivity contribution in [2.24, 2.45) is 0 Å². The molecular formula is C18H21N3O2S. The fraction of sp³-hybridized carbons (Fsp3) is 0.389. The van der Waals surface area contributed by atoms with E-state index < -0.39 is 6.04 Å². The number of anilines is 1. The molecule has 0 bridgehead atoms. The van der Waals surface area contributed by atoms with Gasteiger partial charge in [0.1, 0.15) is 10.9 Å². The van der Waals surface area contributed by atoms with Crippen molar-refractivity contribution in [3.8, 4) is 0 Å². The van der Waals surface area contributed by atoms with Crippen molar-refractivity contribution in [2.75, 3.05) is 18.0 Å². The van der Waals surface area contributed by atoms with Crippen molar-refractivity contribution in [3.63, 3.8) is 0 Å². The topological polar surface area (TPSA) is 53.5 Å². The van der Waals surface area contributed by atoms with E-state index in [0.29, 0.717) is 24.4 Å². The van der Waals surface area contributed by atoms with Crippen LogP contribution in [0.1, 0.15) is 33.7 Å². The maximum atomic E-state index is 12.9. The quantitative estimate of drug-likeness (QED) is 0.857. The third-order valence-corrected chi connectivity index (χ3v) is 5.38. The van der Waals surface area contributed by atoms with E-state index in [1.54, 1.807) is 9.80 Å². The minimum atomic E-state index is -0.399. The van der Waals surface area contributed by atoms with E-state index >= 15 is 0 Å². The third-order valence-electron chi connectivity index (χ3n) is 4.32. The van der Waals surface area contributed by atoms with E-state index in [4.69, 9.17) is 0 Å². The van der Waals surface area contributed by atoms with Crippen LogP contribution < -0.4 is 4.90 Å². The van der Waals surface area contributed by atoms with Gasteiger partial charge in [0.15, 0.2) is 0 Å². The molecule has 6 heteroatoms. The first kappa shape index (κ1) is 16.6. The maximum absolute atomic E-state index is 12.9. The van der Waals surface area contributed by atoms with Gasteiger partial charge in [-0.05, 0) is 39.3 Å². The van der Waals surface area contributed by atoms with E-state index in [1.807, 2.05) is 51.1 Å². The number of rotatable bonds is 4. The Morgan fingerprint density at radius 1 is 1.33 bits per heavy atom. The molecule has 2 aromatic rings. The number of amides is 2. The zero-order valence-electron chi connectivity index (χ0n) is 14.2. The number of aryl methyl sites for hydroxylation is 2. The number of para-hydroxylation sites is 1. The summed E-state index contributed by atoms with van der Waals surface area (Å²) in [5, 5.41) is 0.871. The third kappa shape index (κ3) is 2.94. The van der Waals surface area contributed by atoms with Crippen LogP contribution in [-0.4, -0.2) is 40.8 Å². The normalized spacial score (nSPS) is 17.4. The second kappa shape index (κ2) is 6.73. The van der Waals surface area contributed by atoms with Crippen LogP contribution in [-0.2, 0) is 4.79 Å². The summed E-state index contributed by atoms with van der Waals surface area (Å²) in [4.78, 5) is 34.2. The molecule has 5 nitrogen and oxygen atoms in total. The van der Waals surface area contributed by atoms with Gasteiger partial charge in [-0.15, -0.1) is 11.3 Å². The molecular weight excluding hydrogens is 322 g/mol. The number of aromatic nitrogens is 1. The SMILES string of the molecule is CCN(C(=O)c1sc(C)nc1C)C1CCN(c2ccccc2)C1=O. The molecule has 1 saturated heterocycles. The van der Waals surface area contributed by atoms with Gasteiger partial charge in [0.2, 0.25) is 5.91 Å². The summed E-state index contributed by atoms with van der Waals surface area (Å²) in [6.07, 6.45) is 0.657. The summed E-state index contributed by atoms with van der Waals surface area (Å²) >= 11 is 1.40. The first-order valence-corrected chi connectivity index (χ1v) is 8.96. The number of carbonyl (C=O) groups is 2. The number of hydrogen-bond donors (Lipinski definition) is 0. The number of benzene rings is 1. The van der Waals surface area contributed by atoms with E-state index in [2.05, 4.69) is 4.98 Å². The number of likely N-dealkylation sites (N-methyl/N-ethyl adjacent to an activating group) is 1. The van der Waals surface area contributed by atoms with Crippen molar-refractivity contribution in [3.05, 3.63) is 45.9 Å². The molecule has 1 aromatic heterocycles. The average Bonchev–Trinajstić information content (AvgIpc) is 3.11. The van der Waals surface area contributed by atoms with E-state index in [-0.39, 0.29) is 11.8 Å². The summed E-state index contributed by atoms with van der Waals surface area (Å²) in [5.74, 6) is -0.0934. The molecule has 0 radical (unpaired) electrons. The van der Waals surface area contributed by atoms with Crippen LogP contribution in [0.3, 0.4) is 0 Å². The zero-order valence-corrected chi connectivity index (χ0v) is 15.0. The minimum absolute atomic E-state index is 0.00436. The van der Waals surface area contributed by atoms with Crippen molar-refractivity contribution in [1.29, 1.82) is 0 Å². The molecule has 0 spiro atoms. The highest BCUT2D eigenvalue weighted by molar-refractivity contribution is 7.13. The molecule has 1 aromatic carbocycles. The van der Waals surface area contributed by atoms with Gasteiger partial charge in [-0.25, -0.2) is 4.98 Å². The Morgan fingerprint density at radius 2 is 2.04 bits per heavy atom. The van der Waals surface area contributed by atoms with Gasteiger partial charge in [0, 0.05) is 18.8 Å². The van der Waals surface area contributed by atoms with Crippen LogP contribution in [0.15, 0.2) is 30.3 Å². The number of carbonyl (C=O) groups excluding carboxylic acids is 2. The van der Waals surface area contributed by atoms with Crippen LogP contribution in [0.4, 0.5) is 5.69 Å². The van der Waals surface area contributed by atoms with E-state index in [9.17, 15) is 9.59 Å². The summed E-state index contributed by atoms with van der Waals surface area (Å²) in [6, 6.07) is 9.22. The predicted molar refractivity (Wildman–Crippen MR) is 95.5 cm³/mol. The Hall–Kier alpha value is -2.21. The molecule has 1 fully saturated rings. The molecule has 0 aliphatic carbocycles. The molecule has 0 saturated carbocycles. The minimum Gasteiger partial charge on any atom is -0.326 e. The standard InChI is InChI=1S/C18H21N3O2S/c1-4-20(18(23)16-12(2)19-13(3)24-16)15-10-11-21(17(15)22)14-8-6-5-7-9-14/h5-9,15H,4,10-11H2,1-3H3. The van der Waals surface area contributed by atoms with E-state index in [1.165, 1.54) is 11.3 Å². The van der Waals surface area contributed by atoms with Gasteiger partial charge in [-0.2, -0.15) is 0 Å². The van der Waals surface area contributed by atoms with Gasteiger partial charge < -0.3 is 9.80 Å². The highest BCUT2D eigenvalue weighted by Gasteiger charge is 2.39. The lowest BCUT2D eigenvalue weighted by atomic mass is 10.2. The van der Waals surface area contributed by atoms with Gasteiger partial charge in [0.25, 0.3) is 5.91 Å². The molecule has 126 valence electrons. The second-order valence-corrected chi connectivity index (χ2v) is 7.07. The van der Waals surface area contributed by atoms with Crippen LogP contribution in [0.2, 0.25) is 0 Å². The van der Waals surface area contributed by atoms with Crippen molar-refractivity contribution >= 4 is 28.8 Å². The number of hydrogen-bond acceptors (Lipinski definition) is 4. The fourth-order valence-electron chi connectivity index (χ4n) is 3.18. The summed E-state index contributed by atoms with van der Waals surface area (Å²) in [6.45, 7) is 6.80. The molecule has 1 aliphatic rings. The molecule has 1 aliphatic heterocycles. The molecule has 2 heterocycles. The zero-order chi connectivity index (χ0) is 17.3. The maximum Gasteiger partial charge on any atom is 0.266 e. The second-order valence-electron chi connectivity index (χ2n) is 5.87. The molecule has 3 rings (SSSR count). The Balaban J connectivity index is 1.83. The first-order valence-electron chi connectivity index (χ1n) is 8.14. The Labute approximate surface area is 145 Å². The molecule has 0 N–H and O–H groups in total. The monoisotopic (exact) mass is 343 g/mol. The molecule has 1 unspecified atom stereocenters. The van der Waals surface area contributed by atoms with Crippen LogP contribution in [0, 0.1) is 13.8 Å². The number of nitrogens with zero attached hydrogens (tertiary/aromatic N) is 3. The Kier molecular flexibility index (Phi) is 4.66. The first-order chi connectivity index (χ1) is 11.5. The molecule has 1 atom stereocenters. The average molecular weight is 343 g/mol. The molecule has 24 heavy (non-hydrogen) atoms. The van der Waals surface area contributed by atoms with Crippen molar-refractivity contribution in [2.45, 2.75) is 33.2 Å². The molecule has 2 amide bonds. The van der Waals surface area contributed by atoms with Gasteiger partial charge >= 0.3 is 0 Å². The van der Waals surface area contributed by atoms with Crippen molar-refractivity contribution < 1.29 is 9.59 Å². The predicted octanol–water partition coefficient (Wildman–Crippen LogP) is 3.03. The summed E-state index contributed by atoms with van der Waals surface area (Å²) < 4.78 is 0. The Bertz CT molecular complexity index is 757. The van der Waals surface area contributed by atoms with E-state index in [0.717, 1.165) is 16.4 Å². The smallest absolute Gasteiger partial charge is 0.266 e. The van der Waals surface area contributed by atoms with Crippen LogP contribution >= 0.6 is 11.3 Å². The fourth-order valence-corrected chi connectivity index (χ4v) is 4.06. The van der Waals surface area contributed by atoms with Crippen LogP contribution in [0.5, 0.6) is 0 Å². The highest BCUT2D eigenvalue weighted by Crippen LogP contribution is 2.27. The lowest BCUT2D eigenvalue weighted by molar-refractivity contribution is -0.120. The summed E-state index contributed by atoms with van der Waals surface area (Å²) in [5.41, 5.74) is 1.63. The van der Waals surface area contributed by atoms with Gasteiger partial charge in [-0.3, -0.25) is 9.59 Å². The Morgan fingerprint density at radius 3 is 2.62 bits per heavy atom. The largest absolute Gasteiger partial charge is 0.326 e. The van der Waals surface area contributed by atoms with Crippen molar-refractivity contribution in [1.82, 2.24) is 9.88 Å². The van der Waals surface area contributed by atoms with Crippen LogP contribution in [0.25, 0.3) is 0 Å². The summed E-state index contributed by atoms with van der Waals surface area (Å²) in [7, 11) is 0. The van der Waals surface area contributed by atoms with Gasteiger partial charge in [-0.1, -0.05) is 18.2 Å².